The molecule has 0 radical (unpaired) electrons. The Hall–Kier alpha value is -2.30. The van der Waals surface area contributed by atoms with Gasteiger partial charge in [-0.1, -0.05) is 35.9 Å². The summed E-state index contributed by atoms with van der Waals surface area (Å²) in [5.41, 5.74) is 1.76. The minimum Gasteiger partial charge on any atom is -0.319 e. The first kappa shape index (κ1) is 17.5. The van der Waals surface area contributed by atoms with Gasteiger partial charge in [0.1, 0.15) is 5.82 Å². The van der Waals surface area contributed by atoms with Crippen LogP contribution in [-0.2, 0) is 5.75 Å². The highest BCUT2D eigenvalue weighted by atomic mass is 35.5. The third kappa shape index (κ3) is 4.84. The van der Waals surface area contributed by atoms with Crippen molar-refractivity contribution in [1.29, 1.82) is 0 Å². The number of benzene rings is 3. The van der Waals surface area contributed by atoms with Crippen LogP contribution in [0.3, 0.4) is 0 Å². The lowest BCUT2D eigenvalue weighted by Crippen LogP contribution is -2.12. The van der Waals surface area contributed by atoms with E-state index in [4.69, 9.17) is 11.6 Å². The van der Waals surface area contributed by atoms with Crippen LogP contribution < -0.4 is 5.32 Å². The molecule has 0 aliphatic rings. The second-order valence-electron chi connectivity index (χ2n) is 5.37. The van der Waals surface area contributed by atoms with E-state index >= 15 is 0 Å². The summed E-state index contributed by atoms with van der Waals surface area (Å²) in [5, 5.41) is 3.29. The summed E-state index contributed by atoms with van der Waals surface area (Å²) >= 11 is 7.57. The molecule has 0 fully saturated rings. The summed E-state index contributed by atoms with van der Waals surface area (Å²) in [4.78, 5) is 13.3. The standard InChI is InChI=1S/C20H15ClFNOS/c21-16-9-11-17(12-10-16)25-13-14-5-7-15(8-6-14)20(24)23-19-4-2-1-3-18(19)22/h1-12H,13H2,(H,23,24). The molecule has 0 saturated carbocycles. The van der Waals surface area contributed by atoms with E-state index in [1.165, 1.54) is 12.1 Å². The minimum absolute atomic E-state index is 0.176. The second-order valence-corrected chi connectivity index (χ2v) is 6.86. The van der Waals surface area contributed by atoms with Crippen LogP contribution in [-0.4, -0.2) is 5.91 Å². The van der Waals surface area contributed by atoms with Crippen molar-refractivity contribution in [3.63, 3.8) is 0 Å². The highest BCUT2D eigenvalue weighted by Crippen LogP contribution is 2.24. The van der Waals surface area contributed by atoms with E-state index in [2.05, 4.69) is 5.32 Å². The largest absolute Gasteiger partial charge is 0.319 e. The van der Waals surface area contributed by atoms with Crippen LogP contribution >= 0.6 is 23.4 Å². The van der Waals surface area contributed by atoms with Crippen molar-refractivity contribution in [3.05, 3.63) is 94.8 Å². The first-order chi connectivity index (χ1) is 12.1. The number of hydrogen-bond acceptors (Lipinski definition) is 2. The first-order valence-corrected chi connectivity index (χ1v) is 9.01. The van der Waals surface area contributed by atoms with E-state index in [1.807, 2.05) is 36.4 Å². The number of amides is 1. The predicted octanol–water partition coefficient (Wildman–Crippen LogP) is 6.02. The Morgan fingerprint density at radius 3 is 2.32 bits per heavy atom. The molecule has 0 aliphatic carbocycles. The summed E-state index contributed by atoms with van der Waals surface area (Å²) in [5.74, 6) is 0.00505. The van der Waals surface area contributed by atoms with E-state index in [0.29, 0.717) is 5.56 Å². The van der Waals surface area contributed by atoms with Crippen molar-refractivity contribution < 1.29 is 9.18 Å². The molecular formula is C20H15ClFNOS. The molecule has 0 atom stereocenters. The fraction of sp³-hybridized carbons (Fsp3) is 0.0500. The number of rotatable bonds is 5. The Balaban J connectivity index is 1.60. The Labute approximate surface area is 155 Å². The zero-order chi connectivity index (χ0) is 17.6. The third-order valence-electron chi connectivity index (χ3n) is 3.56. The predicted molar refractivity (Wildman–Crippen MR) is 102 cm³/mol. The molecule has 5 heteroatoms. The van der Waals surface area contributed by atoms with Gasteiger partial charge in [-0.2, -0.15) is 0 Å². The molecule has 1 N–H and O–H groups in total. The van der Waals surface area contributed by atoms with E-state index in [0.717, 1.165) is 21.2 Å². The third-order valence-corrected chi connectivity index (χ3v) is 4.89. The molecule has 0 spiro atoms. The van der Waals surface area contributed by atoms with Gasteiger partial charge in [0.05, 0.1) is 5.69 Å². The van der Waals surface area contributed by atoms with Crippen LogP contribution in [0.2, 0.25) is 5.02 Å². The van der Waals surface area contributed by atoms with Gasteiger partial charge in [0, 0.05) is 21.2 Å². The summed E-state index contributed by atoms with van der Waals surface area (Å²) in [6.45, 7) is 0. The quantitative estimate of drug-likeness (QED) is 0.555. The van der Waals surface area contributed by atoms with Crippen LogP contribution in [0.5, 0.6) is 0 Å². The molecule has 0 aliphatic heterocycles. The Bertz CT molecular complexity index is 866. The summed E-state index contributed by atoms with van der Waals surface area (Å²) in [6, 6.07) is 21.1. The highest BCUT2D eigenvalue weighted by molar-refractivity contribution is 7.98. The molecule has 3 rings (SSSR count). The van der Waals surface area contributed by atoms with E-state index in [9.17, 15) is 9.18 Å². The van der Waals surface area contributed by atoms with Gasteiger partial charge >= 0.3 is 0 Å². The van der Waals surface area contributed by atoms with Crippen LogP contribution in [0, 0.1) is 5.82 Å². The van der Waals surface area contributed by atoms with E-state index in [1.54, 1.807) is 36.0 Å². The topological polar surface area (TPSA) is 29.1 Å². The number of para-hydroxylation sites is 1. The van der Waals surface area contributed by atoms with Crippen molar-refractivity contribution in [2.24, 2.45) is 0 Å². The second kappa shape index (κ2) is 8.19. The minimum atomic E-state index is -0.452. The molecule has 0 heterocycles. The molecule has 0 bridgehead atoms. The summed E-state index contributed by atoms with van der Waals surface area (Å²) in [7, 11) is 0. The fourth-order valence-corrected chi connectivity index (χ4v) is 3.19. The molecule has 0 unspecified atom stereocenters. The maximum absolute atomic E-state index is 13.6. The Kier molecular flexibility index (Phi) is 5.74. The number of thioether (sulfide) groups is 1. The molecule has 126 valence electrons. The van der Waals surface area contributed by atoms with Gasteiger partial charge in [-0.15, -0.1) is 11.8 Å². The normalized spacial score (nSPS) is 10.5. The molecule has 0 saturated heterocycles. The zero-order valence-electron chi connectivity index (χ0n) is 13.2. The maximum atomic E-state index is 13.6. The van der Waals surface area contributed by atoms with Gasteiger partial charge < -0.3 is 5.32 Å². The van der Waals surface area contributed by atoms with Gasteiger partial charge in [0.2, 0.25) is 0 Å². The van der Waals surface area contributed by atoms with Crippen LogP contribution in [0.25, 0.3) is 0 Å². The lowest BCUT2D eigenvalue weighted by atomic mass is 10.1. The Morgan fingerprint density at radius 1 is 0.960 bits per heavy atom. The number of nitrogens with one attached hydrogen (secondary N) is 1. The highest BCUT2D eigenvalue weighted by Gasteiger charge is 2.08. The lowest BCUT2D eigenvalue weighted by molar-refractivity contribution is 0.102. The number of carbonyl (C=O) groups excluding carboxylic acids is 1. The van der Waals surface area contributed by atoms with Gasteiger partial charge in [-0.05, 0) is 54.1 Å². The lowest BCUT2D eigenvalue weighted by Gasteiger charge is -2.07. The monoisotopic (exact) mass is 371 g/mol. The molecule has 3 aromatic rings. The van der Waals surface area contributed by atoms with Crippen molar-refractivity contribution in [2.45, 2.75) is 10.6 Å². The van der Waals surface area contributed by atoms with Gasteiger partial charge in [0.25, 0.3) is 5.91 Å². The SMILES string of the molecule is O=C(Nc1ccccc1F)c1ccc(CSc2ccc(Cl)cc2)cc1. The van der Waals surface area contributed by atoms with Crippen molar-refractivity contribution in [2.75, 3.05) is 5.32 Å². The van der Waals surface area contributed by atoms with Gasteiger partial charge in [0.15, 0.2) is 0 Å². The number of anilines is 1. The van der Waals surface area contributed by atoms with Crippen LogP contribution in [0.1, 0.15) is 15.9 Å². The van der Waals surface area contributed by atoms with Crippen molar-refractivity contribution in [3.8, 4) is 0 Å². The van der Waals surface area contributed by atoms with Crippen LogP contribution in [0.15, 0.2) is 77.7 Å². The van der Waals surface area contributed by atoms with Crippen molar-refractivity contribution >= 4 is 35.0 Å². The maximum Gasteiger partial charge on any atom is 0.255 e. The number of carbonyl (C=O) groups is 1. The Morgan fingerprint density at radius 2 is 1.64 bits per heavy atom. The van der Waals surface area contributed by atoms with E-state index in [-0.39, 0.29) is 11.6 Å². The number of hydrogen-bond donors (Lipinski definition) is 1. The summed E-state index contributed by atoms with van der Waals surface area (Å²) < 4.78 is 13.6. The number of halogens is 2. The fourth-order valence-electron chi connectivity index (χ4n) is 2.21. The zero-order valence-corrected chi connectivity index (χ0v) is 14.8. The van der Waals surface area contributed by atoms with Crippen LogP contribution in [0.4, 0.5) is 10.1 Å². The average molecular weight is 372 g/mol. The first-order valence-electron chi connectivity index (χ1n) is 7.65. The summed E-state index contributed by atoms with van der Waals surface area (Å²) in [6.07, 6.45) is 0. The van der Waals surface area contributed by atoms with Gasteiger partial charge in [-0.3, -0.25) is 4.79 Å². The van der Waals surface area contributed by atoms with E-state index < -0.39 is 5.82 Å². The molecule has 3 aromatic carbocycles. The average Bonchev–Trinajstić information content (AvgIpc) is 2.63. The van der Waals surface area contributed by atoms with Gasteiger partial charge in [-0.25, -0.2) is 4.39 Å². The molecule has 0 aromatic heterocycles. The molecule has 25 heavy (non-hydrogen) atoms. The molecular weight excluding hydrogens is 357 g/mol. The molecule has 2 nitrogen and oxygen atoms in total. The van der Waals surface area contributed by atoms with Crippen molar-refractivity contribution in [1.82, 2.24) is 0 Å². The molecule has 1 amide bonds. The smallest absolute Gasteiger partial charge is 0.255 e.